The maximum atomic E-state index is 12.0. The minimum Gasteiger partial charge on any atom is -0.507 e. The first kappa shape index (κ1) is 11.8. The topological polar surface area (TPSA) is 55.8 Å². The standard InChI is InChI=1S/C13H16O4/c1-4-8-9(14)6-11(16-3)12-10(15)5-7(2)17-13(8)12/h6-7,14H,4-5H2,1-3H3/t7-/m0/s1. The van der Waals surface area contributed by atoms with Gasteiger partial charge in [-0.1, -0.05) is 6.92 Å². The summed E-state index contributed by atoms with van der Waals surface area (Å²) in [5.41, 5.74) is 1.13. The molecule has 1 N–H and O–H groups in total. The van der Waals surface area contributed by atoms with E-state index in [9.17, 15) is 9.90 Å². The molecule has 0 amide bonds. The summed E-state index contributed by atoms with van der Waals surface area (Å²) in [4.78, 5) is 12.0. The van der Waals surface area contributed by atoms with Crippen molar-refractivity contribution in [2.75, 3.05) is 7.11 Å². The maximum absolute atomic E-state index is 12.0. The van der Waals surface area contributed by atoms with Crippen LogP contribution in [0.15, 0.2) is 6.07 Å². The number of hydrogen-bond donors (Lipinski definition) is 1. The SMILES string of the molecule is CCc1c(O)cc(OC)c2c1O[C@@H](C)CC2=O. The Labute approximate surface area is 100 Å². The number of hydrogen-bond acceptors (Lipinski definition) is 4. The first-order valence-electron chi connectivity index (χ1n) is 5.71. The zero-order valence-electron chi connectivity index (χ0n) is 10.2. The van der Waals surface area contributed by atoms with Crippen molar-refractivity contribution in [2.45, 2.75) is 32.8 Å². The fraction of sp³-hybridized carbons (Fsp3) is 0.462. The minimum atomic E-state index is -0.160. The highest BCUT2D eigenvalue weighted by atomic mass is 16.5. The quantitative estimate of drug-likeness (QED) is 0.856. The van der Waals surface area contributed by atoms with Crippen LogP contribution in [-0.4, -0.2) is 24.1 Å². The number of carbonyl (C=O) groups is 1. The molecule has 1 heterocycles. The number of fused-ring (bicyclic) bond motifs is 1. The largest absolute Gasteiger partial charge is 0.507 e. The Kier molecular flexibility index (Phi) is 2.96. The first-order chi connectivity index (χ1) is 8.08. The molecule has 4 nitrogen and oxygen atoms in total. The zero-order valence-corrected chi connectivity index (χ0v) is 10.2. The summed E-state index contributed by atoms with van der Waals surface area (Å²) in [5, 5.41) is 9.88. The number of carbonyl (C=O) groups excluding carboxylic acids is 1. The highest BCUT2D eigenvalue weighted by molar-refractivity contribution is 6.03. The van der Waals surface area contributed by atoms with Gasteiger partial charge in [0.2, 0.25) is 0 Å². The van der Waals surface area contributed by atoms with Gasteiger partial charge in [0.25, 0.3) is 0 Å². The van der Waals surface area contributed by atoms with E-state index in [-0.39, 0.29) is 17.6 Å². The van der Waals surface area contributed by atoms with Gasteiger partial charge in [-0.15, -0.1) is 0 Å². The molecule has 0 aliphatic carbocycles. The summed E-state index contributed by atoms with van der Waals surface area (Å²) in [7, 11) is 1.48. The molecule has 0 radical (unpaired) electrons. The summed E-state index contributed by atoms with van der Waals surface area (Å²) < 4.78 is 10.8. The van der Waals surface area contributed by atoms with E-state index < -0.39 is 0 Å². The Balaban J connectivity index is 2.69. The predicted octanol–water partition coefficient (Wildman–Crippen LogP) is 2.32. The molecule has 1 aromatic carbocycles. The average Bonchev–Trinajstić information content (AvgIpc) is 2.27. The Hall–Kier alpha value is -1.71. The van der Waals surface area contributed by atoms with E-state index in [1.807, 2.05) is 13.8 Å². The molecule has 0 fully saturated rings. The fourth-order valence-electron chi connectivity index (χ4n) is 2.17. The summed E-state index contributed by atoms with van der Waals surface area (Å²) in [6, 6.07) is 1.48. The molecule has 0 bridgehead atoms. The van der Waals surface area contributed by atoms with Crippen LogP contribution in [0.1, 0.15) is 36.2 Å². The van der Waals surface area contributed by atoms with Crippen molar-refractivity contribution in [1.82, 2.24) is 0 Å². The van der Waals surface area contributed by atoms with Gasteiger partial charge >= 0.3 is 0 Å². The van der Waals surface area contributed by atoms with Gasteiger partial charge in [-0.05, 0) is 13.3 Å². The van der Waals surface area contributed by atoms with Gasteiger partial charge in [0, 0.05) is 18.1 Å². The Morgan fingerprint density at radius 1 is 1.59 bits per heavy atom. The van der Waals surface area contributed by atoms with Crippen LogP contribution in [0, 0.1) is 0 Å². The van der Waals surface area contributed by atoms with Crippen molar-refractivity contribution in [3.63, 3.8) is 0 Å². The number of ketones is 1. The minimum absolute atomic E-state index is 0.00491. The summed E-state index contributed by atoms with van der Waals surface area (Å²) in [5.74, 6) is 0.981. The molecule has 1 atom stereocenters. The number of benzene rings is 1. The molecular formula is C13H16O4. The molecule has 4 heteroatoms. The molecule has 17 heavy (non-hydrogen) atoms. The van der Waals surface area contributed by atoms with Crippen LogP contribution < -0.4 is 9.47 Å². The lowest BCUT2D eigenvalue weighted by molar-refractivity contribution is 0.0863. The predicted molar refractivity (Wildman–Crippen MR) is 63.1 cm³/mol. The summed E-state index contributed by atoms with van der Waals surface area (Å²) in [6.45, 7) is 3.76. The van der Waals surface area contributed by atoms with Crippen LogP contribution in [0.25, 0.3) is 0 Å². The van der Waals surface area contributed by atoms with Crippen LogP contribution in [0.4, 0.5) is 0 Å². The fourth-order valence-corrected chi connectivity index (χ4v) is 2.17. The third kappa shape index (κ3) is 1.84. The number of Topliss-reactive ketones (excluding diaryl/α,β-unsaturated/α-hetero) is 1. The van der Waals surface area contributed by atoms with E-state index in [1.54, 1.807) is 0 Å². The van der Waals surface area contributed by atoms with Crippen molar-refractivity contribution in [3.8, 4) is 17.2 Å². The van der Waals surface area contributed by atoms with Crippen LogP contribution >= 0.6 is 0 Å². The van der Waals surface area contributed by atoms with Crippen molar-refractivity contribution >= 4 is 5.78 Å². The monoisotopic (exact) mass is 236 g/mol. The molecule has 92 valence electrons. The van der Waals surface area contributed by atoms with Crippen molar-refractivity contribution in [2.24, 2.45) is 0 Å². The average molecular weight is 236 g/mol. The second-order valence-corrected chi connectivity index (χ2v) is 4.19. The third-order valence-corrected chi connectivity index (χ3v) is 2.97. The lowest BCUT2D eigenvalue weighted by atomic mass is 9.95. The van der Waals surface area contributed by atoms with E-state index in [2.05, 4.69) is 0 Å². The molecule has 1 aliphatic heterocycles. The maximum Gasteiger partial charge on any atom is 0.174 e. The molecular weight excluding hydrogens is 220 g/mol. The molecule has 0 unspecified atom stereocenters. The van der Waals surface area contributed by atoms with E-state index in [4.69, 9.17) is 9.47 Å². The molecule has 1 aliphatic rings. The van der Waals surface area contributed by atoms with E-state index in [0.29, 0.717) is 35.5 Å². The van der Waals surface area contributed by atoms with E-state index in [1.165, 1.54) is 13.2 Å². The van der Waals surface area contributed by atoms with Gasteiger partial charge in [-0.3, -0.25) is 4.79 Å². The van der Waals surface area contributed by atoms with Crippen molar-refractivity contribution < 1.29 is 19.4 Å². The van der Waals surface area contributed by atoms with E-state index >= 15 is 0 Å². The zero-order chi connectivity index (χ0) is 12.6. The van der Waals surface area contributed by atoms with Gasteiger partial charge in [0.15, 0.2) is 5.78 Å². The highest BCUT2D eigenvalue weighted by Gasteiger charge is 2.30. The van der Waals surface area contributed by atoms with Crippen molar-refractivity contribution in [3.05, 3.63) is 17.2 Å². The molecule has 0 saturated heterocycles. The molecule has 0 aromatic heterocycles. The van der Waals surface area contributed by atoms with Gasteiger partial charge in [-0.2, -0.15) is 0 Å². The lowest BCUT2D eigenvalue weighted by Crippen LogP contribution is -2.25. The number of rotatable bonds is 2. The Morgan fingerprint density at radius 3 is 2.88 bits per heavy atom. The van der Waals surface area contributed by atoms with Crippen LogP contribution in [0.2, 0.25) is 0 Å². The normalized spacial score (nSPS) is 18.5. The molecule has 2 rings (SSSR count). The van der Waals surface area contributed by atoms with Gasteiger partial charge < -0.3 is 14.6 Å². The Bertz CT molecular complexity index is 465. The van der Waals surface area contributed by atoms with Gasteiger partial charge in [0.1, 0.15) is 28.9 Å². The summed E-state index contributed by atoms with van der Waals surface area (Å²) in [6.07, 6.45) is 0.793. The van der Waals surface area contributed by atoms with Gasteiger partial charge in [0.05, 0.1) is 7.11 Å². The van der Waals surface area contributed by atoms with Crippen LogP contribution in [-0.2, 0) is 6.42 Å². The lowest BCUT2D eigenvalue weighted by Gasteiger charge is -2.26. The van der Waals surface area contributed by atoms with E-state index in [0.717, 1.165) is 0 Å². The number of ether oxygens (including phenoxy) is 2. The van der Waals surface area contributed by atoms with Crippen molar-refractivity contribution in [1.29, 1.82) is 0 Å². The smallest absolute Gasteiger partial charge is 0.174 e. The first-order valence-corrected chi connectivity index (χ1v) is 5.71. The third-order valence-electron chi connectivity index (χ3n) is 2.97. The molecule has 0 spiro atoms. The second kappa shape index (κ2) is 4.28. The highest BCUT2D eigenvalue weighted by Crippen LogP contribution is 2.42. The van der Waals surface area contributed by atoms with Gasteiger partial charge in [-0.25, -0.2) is 0 Å². The molecule has 0 saturated carbocycles. The number of aromatic hydroxyl groups is 1. The molecule has 1 aromatic rings. The second-order valence-electron chi connectivity index (χ2n) is 4.19. The Morgan fingerprint density at radius 2 is 2.29 bits per heavy atom. The summed E-state index contributed by atoms with van der Waals surface area (Å²) >= 11 is 0. The van der Waals surface area contributed by atoms with Crippen LogP contribution in [0.5, 0.6) is 17.2 Å². The van der Waals surface area contributed by atoms with Crippen LogP contribution in [0.3, 0.4) is 0 Å². The number of methoxy groups -OCH3 is 1. The number of phenols is 1. The number of phenolic OH excluding ortho intramolecular Hbond substituents is 1.